The number of ether oxygens (including phenoxy) is 1. The van der Waals surface area contributed by atoms with Gasteiger partial charge in [0.25, 0.3) is 0 Å². The zero-order valence-corrected chi connectivity index (χ0v) is 17.5. The van der Waals surface area contributed by atoms with E-state index in [1.54, 1.807) is 7.11 Å². The van der Waals surface area contributed by atoms with Crippen molar-refractivity contribution in [3.8, 4) is 0 Å². The van der Waals surface area contributed by atoms with Crippen LogP contribution < -0.4 is 0 Å². The Balaban J connectivity index is 1.66. The summed E-state index contributed by atoms with van der Waals surface area (Å²) in [6, 6.07) is 2.12. The van der Waals surface area contributed by atoms with Crippen LogP contribution in [0.4, 0.5) is 0 Å². The van der Waals surface area contributed by atoms with Crippen LogP contribution in [-0.4, -0.2) is 32.8 Å². The molecule has 1 aliphatic rings. The second-order valence-corrected chi connectivity index (χ2v) is 7.42. The van der Waals surface area contributed by atoms with Crippen LogP contribution in [0.1, 0.15) is 68.1 Å². The Morgan fingerprint density at radius 3 is 2.64 bits per heavy atom. The molecule has 0 radical (unpaired) electrons. The molecule has 28 heavy (non-hydrogen) atoms. The third kappa shape index (κ3) is 5.00. The van der Waals surface area contributed by atoms with Crippen LogP contribution in [0.3, 0.4) is 0 Å². The first-order valence-corrected chi connectivity index (χ1v) is 10.2. The predicted molar refractivity (Wildman–Crippen MR) is 113 cm³/mol. The highest BCUT2D eigenvalue weighted by atomic mass is 16.5. The molecular weight excluding hydrogens is 350 g/mol. The van der Waals surface area contributed by atoms with Gasteiger partial charge in [-0.25, -0.2) is 4.99 Å². The Labute approximate surface area is 167 Å². The van der Waals surface area contributed by atoms with Crippen LogP contribution in [0.15, 0.2) is 34.8 Å². The average molecular weight is 382 g/mol. The highest BCUT2D eigenvalue weighted by Gasteiger charge is 2.19. The van der Waals surface area contributed by atoms with Gasteiger partial charge in [0, 0.05) is 24.0 Å². The van der Waals surface area contributed by atoms with E-state index in [4.69, 9.17) is 9.73 Å². The third-order valence-corrected chi connectivity index (χ3v) is 4.99. The minimum absolute atomic E-state index is 0.743. The first kappa shape index (κ1) is 20.1. The molecule has 0 saturated heterocycles. The van der Waals surface area contributed by atoms with Gasteiger partial charge in [0.1, 0.15) is 17.2 Å². The fourth-order valence-electron chi connectivity index (χ4n) is 3.43. The van der Waals surface area contributed by atoms with Gasteiger partial charge < -0.3 is 9.72 Å². The molecular formula is C22H31N5O. The quantitative estimate of drug-likeness (QED) is 0.592. The van der Waals surface area contributed by atoms with Gasteiger partial charge in [-0.3, -0.25) is 4.68 Å². The molecule has 6 heteroatoms. The van der Waals surface area contributed by atoms with E-state index in [-0.39, 0.29) is 0 Å². The molecule has 0 aromatic carbocycles. The van der Waals surface area contributed by atoms with Gasteiger partial charge in [-0.2, -0.15) is 0 Å². The monoisotopic (exact) mass is 381 g/mol. The lowest BCUT2D eigenvalue weighted by Crippen LogP contribution is -1.98. The predicted octanol–water partition coefficient (Wildman–Crippen LogP) is 4.96. The molecule has 2 aromatic rings. The van der Waals surface area contributed by atoms with Gasteiger partial charge >= 0.3 is 0 Å². The average Bonchev–Trinajstić information content (AvgIpc) is 3.37. The molecule has 0 spiro atoms. The molecule has 0 fully saturated rings. The minimum atomic E-state index is 0.743. The van der Waals surface area contributed by atoms with E-state index in [2.05, 4.69) is 35.2 Å². The zero-order valence-electron chi connectivity index (χ0n) is 17.5. The Kier molecular flexibility index (Phi) is 6.85. The Hall–Kier alpha value is -2.63. The van der Waals surface area contributed by atoms with Crippen LogP contribution in [0.5, 0.6) is 0 Å². The molecule has 0 unspecified atom stereocenters. The summed E-state index contributed by atoms with van der Waals surface area (Å²) >= 11 is 0. The van der Waals surface area contributed by atoms with Gasteiger partial charge in [-0.15, -0.1) is 5.10 Å². The van der Waals surface area contributed by atoms with Crippen LogP contribution >= 0.6 is 0 Å². The largest absolute Gasteiger partial charge is 0.494 e. The van der Waals surface area contributed by atoms with Gasteiger partial charge in [0.15, 0.2) is 0 Å². The van der Waals surface area contributed by atoms with Gasteiger partial charge in [0.2, 0.25) is 0 Å². The standard InChI is InChI=1S/C22H31N5O/c1-5-6-7-8-9-10-11-27-15-21(25-26-27)19-14-22(28-4)20(24-19)13-18-16(2)12-17(3)23-18/h12-15,23H,5-11H2,1-4H3/b20-13-. The number of nitrogens with zero attached hydrogens (tertiary/aromatic N) is 4. The molecule has 0 aliphatic carbocycles. The lowest BCUT2D eigenvalue weighted by atomic mass is 10.1. The molecule has 2 aromatic heterocycles. The molecule has 0 saturated carbocycles. The van der Waals surface area contributed by atoms with Crippen molar-refractivity contribution in [3.63, 3.8) is 0 Å². The maximum Gasteiger partial charge on any atom is 0.146 e. The Morgan fingerprint density at radius 1 is 1.14 bits per heavy atom. The molecule has 0 atom stereocenters. The number of H-pyrrole nitrogens is 1. The smallest absolute Gasteiger partial charge is 0.146 e. The summed E-state index contributed by atoms with van der Waals surface area (Å²) in [5, 5.41) is 8.57. The number of rotatable bonds is 10. The van der Waals surface area contributed by atoms with E-state index in [9.17, 15) is 0 Å². The van der Waals surface area contributed by atoms with E-state index in [1.165, 1.54) is 37.7 Å². The topological polar surface area (TPSA) is 68.1 Å². The van der Waals surface area contributed by atoms with Crippen molar-refractivity contribution in [2.24, 2.45) is 4.99 Å². The maximum absolute atomic E-state index is 5.52. The van der Waals surface area contributed by atoms with E-state index in [0.29, 0.717) is 0 Å². The number of aliphatic imine (C=N–C) groups is 1. The second kappa shape index (κ2) is 9.53. The van der Waals surface area contributed by atoms with Crippen molar-refractivity contribution in [1.29, 1.82) is 0 Å². The zero-order chi connectivity index (χ0) is 19.9. The molecule has 6 nitrogen and oxygen atoms in total. The molecule has 150 valence electrons. The normalized spacial score (nSPS) is 15.2. The first-order valence-electron chi connectivity index (χ1n) is 10.2. The fraction of sp³-hybridized carbons (Fsp3) is 0.500. The van der Waals surface area contributed by atoms with Crippen LogP contribution in [0.2, 0.25) is 0 Å². The van der Waals surface area contributed by atoms with Crippen molar-refractivity contribution in [1.82, 2.24) is 20.0 Å². The SMILES string of the molecule is CCCCCCCCn1cc(C2=N/C(=C\c3[nH]c(C)cc3C)C(OC)=C2)nn1. The number of hydrogen-bond donors (Lipinski definition) is 1. The molecule has 0 bridgehead atoms. The third-order valence-electron chi connectivity index (χ3n) is 4.99. The number of aromatic amines is 1. The molecule has 3 heterocycles. The highest BCUT2D eigenvalue weighted by Crippen LogP contribution is 2.25. The summed E-state index contributed by atoms with van der Waals surface area (Å²) in [7, 11) is 1.67. The molecule has 0 amide bonds. The van der Waals surface area contributed by atoms with E-state index in [0.717, 1.165) is 47.2 Å². The van der Waals surface area contributed by atoms with E-state index >= 15 is 0 Å². The van der Waals surface area contributed by atoms with E-state index in [1.807, 2.05) is 30.0 Å². The number of aromatic nitrogens is 4. The summed E-state index contributed by atoms with van der Waals surface area (Å²) < 4.78 is 7.44. The summed E-state index contributed by atoms with van der Waals surface area (Å²) in [5.74, 6) is 0.743. The van der Waals surface area contributed by atoms with Gasteiger partial charge in [0.05, 0.1) is 19.0 Å². The Bertz CT molecular complexity index is 885. The van der Waals surface area contributed by atoms with Crippen LogP contribution in [0, 0.1) is 13.8 Å². The lowest BCUT2D eigenvalue weighted by molar-refractivity contribution is 0.303. The number of nitrogens with one attached hydrogen (secondary N) is 1. The van der Waals surface area contributed by atoms with Crippen molar-refractivity contribution in [3.05, 3.63) is 52.4 Å². The lowest BCUT2D eigenvalue weighted by Gasteiger charge is -2.01. The highest BCUT2D eigenvalue weighted by molar-refractivity contribution is 6.10. The van der Waals surface area contributed by atoms with Crippen LogP contribution in [0.25, 0.3) is 6.08 Å². The summed E-state index contributed by atoms with van der Waals surface area (Å²) in [6.07, 6.45) is 13.5. The number of aryl methyl sites for hydroxylation is 3. The van der Waals surface area contributed by atoms with Crippen molar-refractivity contribution < 1.29 is 4.74 Å². The summed E-state index contributed by atoms with van der Waals surface area (Å²) in [6.45, 7) is 7.27. The van der Waals surface area contributed by atoms with Gasteiger partial charge in [-0.05, 0) is 38.0 Å². The summed E-state index contributed by atoms with van der Waals surface area (Å²) in [5.41, 5.74) is 5.74. The maximum atomic E-state index is 5.52. The molecule has 1 aliphatic heterocycles. The van der Waals surface area contributed by atoms with Crippen LogP contribution in [-0.2, 0) is 11.3 Å². The summed E-state index contributed by atoms with van der Waals surface area (Å²) in [4.78, 5) is 8.08. The van der Waals surface area contributed by atoms with Crippen molar-refractivity contribution in [2.75, 3.05) is 7.11 Å². The Morgan fingerprint density at radius 2 is 1.93 bits per heavy atom. The van der Waals surface area contributed by atoms with Crippen molar-refractivity contribution in [2.45, 2.75) is 65.8 Å². The van der Waals surface area contributed by atoms with E-state index < -0.39 is 0 Å². The minimum Gasteiger partial charge on any atom is -0.494 e. The number of unbranched alkanes of at least 4 members (excludes halogenated alkanes) is 5. The fourth-order valence-corrected chi connectivity index (χ4v) is 3.43. The number of hydrogen-bond acceptors (Lipinski definition) is 4. The molecule has 1 N–H and O–H groups in total. The first-order chi connectivity index (χ1) is 13.6. The number of methoxy groups -OCH3 is 1. The van der Waals surface area contributed by atoms with Gasteiger partial charge in [-0.1, -0.05) is 44.2 Å². The number of allylic oxidation sites excluding steroid dienone is 1. The second-order valence-electron chi connectivity index (χ2n) is 7.42. The molecule has 3 rings (SSSR count). The van der Waals surface area contributed by atoms with Crippen molar-refractivity contribution >= 4 is 11.8 Å².